The number of ether oxygens (including phenoxy) is 1. The van der Waals surface area contributed by atoms with Crippen LogP contribution in [0.5, 0.6) is 5.75 Å². The predicted octanol–water partition coefficient (Wildman–Crippen LogP) is 4.44. The molecule has 3 aromatic rings. The van der Waals surface area contributed by atoms with Crippen molar-refractivity contribution in [3.05, 3.63) is 66.4 Å². The van der Waals surface area contributed by atoms with E-state index in [2.05, 4.69) is 9.88 Å². The Kier molecular flexibility index (Phi) is 7.97. The van der Waals surface area contributed by atoms with E-state index in [0.717, 1.165) is 41.5 Å². The molecule has 2 saturated heterocycles. The monoisotopic (exact) mass is 560 g/mol. The van der Waals surface area contributed by atoms with Crippen molar-refractivity contribution < 1.29 is 27.1 Å². The minimum Gasteiger partial charge on any atom is -0.488 e. The molecule has 1 unspecified atom stereocenters. The molecule has 5 rings (SSSR count). The van der Waals surface area contributed by atoms with Gasteiger partial charge in [0, 0.05) is 56.7 Å². The van der Waals surface area contributed by atoms with Gasteiger partial charge < -0.3 is 14.5 Å². The summed E-state index contributed by atoms with van der Waals surface area (Å²) in [6.07, 6.45) is 0.302. The molecular formula is C28H32F4N6O2. The molecule has 0 aliphatic carbocycles. The van der Waals surface area contributed by atoms with Gasteiger partial charge >= 0.3 is 12.1 Å². The van der Waals surface area contributed by atoms with E-state index in [1.807, 2.05) is 29.3 Å². The number of pyridine rings is 1. The minimum absolute atomic E-state index is 0.120. The molecule has 0 radical (unpaired) electrons. The van der Waals surface area contributed by atoms with Gasteiger partial charge in [-0.15, -0.1) is 0 Å². The maximum atomic E-state index is 13.6. The van der Waals surface area contributed by atoms with E-state index in [1.165, 1.54) is 12.1 Å². The SMILES string of the molecule is C[C@@H]1CN(Cc2ccn(-c3cccnc3N3CCCC(Oc4cccc(F)c4)C3)n2)C[C@H](C)N1C(=O)C(F)(F)F. The van der Waals surface area contributed by atoms with Crippen molar-refractivity contribution in [2.45, 2.75) is 57.6 Å². The van der Waals surface area contributed by atoms with Gasteiger partial charge in [0.2, 0.25) is 0 Å². The van der Waals surface area contributed by atoms with Crippen LogP contribution in [-0.2, 0) is 11.3 Å². The second-order valence-corrected chi connectivity index (χ2v) is 10.5. The first-order chi connectivity index (χ1) is 19.1. The van der Waals surface area contributed by atoms with E-state index < -0.39 is 24.2 Å². The Morgan fingerprint density at radius 1 is 1.07 bits per heavy atom. The fraction of sp³-hybridized carbons (Fsp3) is 0.464. The quantitative estimate of drug-likeness (QED) is 0.416. The molecular weight excluding hydrogens is 528 g/mol. The second kappa shape index (κ2) is 11.4. The highest BCUT2D eigenvalue weighted by atomic mass is 19.4. The van der Waals surface area contributed by atoms with Crippen LogP contribution in [0, 0.1) is 5.82 Å². The molecule has 0 saturated carbocycles. The fourth-order valence-corrected chi connectivity index (χ4v) is 5.69. The number of amides is 1. The standard InChI is InChI=1S/C28H32F4N6O2/c1-19-15-35(16-20(2)38(19)27(39)28(30,31)32)17-22-10-13-37(34-22)25-9-4-11-33-26(25)36-12-5-8-24(18-36)40-23-7-3-6-21(29)14-23/h3-4,6-7,9-11,13-14,19-20,24H,5,8,12,15-18H2,1-2H3/t19-,20+,24?. The Hall–Kier alpha value is -3.67. The van der Waals surface area contributed by atoms with Gasteiger partial charge in [-0.3, -0.25) is 9.69 Å². The van der Waals surface area contributed by atoms with Gasteiger partial charge in [0.15, 0.2) is 5.82 Å². The highest BCUT2D eigenvalue weighted by Gasteiger charge is 2.47. The van der Waals surface area contributed by atoms with E-state index in [4.69, 9.17) is 9.84 Å². The number of carbonyl (C=O) groups is 1. The summed E-state index contributed by atoms with van der Waals surface area (Å²) in [4.78, 5) is 21.6. The van der Waals surface area contributed by atoms with Crippen molar-refractivity contribution in [2.75, 3.05) is 31.1 Å². The number of aromatic nitrogens is 3. The van der Waals surface area contributed by atoms with Crippen LogP contribution in [-0.4, -0.2) is 81.0 Å². The van der Waals surface area contributed by atoms with Crippen molar-refractivity contribution in [2.24, 2.45) is 0 Å². The molecule has 0 N–H and O–H groups in total. The third kappa shape index (κ3) is 6.22. The molecule has 2 aliphatic heterocycles. The maximum Gasteiger partial charge on any atom is 0.471 e. The number of hydrogen-bond acceptors (Lipinski definition) is 6. The number of carbonyl (C=O) groups excluding carboxylic acids is 1. The lowest BCUT2D eigenvalue weighted by Crippen LogP contribution is -2.60. The number of rotatable bonds is 6. The molecule has 0 spiro atoms. The Labute approximate surface area is 230 Å². The van der Waals surface area contributed by atoms with Crippen LogP contribution in [0.2, 0.25) is 0 Å². The predicted molar refractivity (Wildman–Crippen MR) is 141 cm³/mol. The van der Waals surface area contributed by atoms with E-state index in [9.17, 15) is 22.4 Å². The number of nitrogens with zero attached hydrogens (tertiary/aromatic N) is 6. The molecule has 4 heterocycles. The number of piperazine rings is 1. The number of alkyl halides is 3. The summed E-state index contributed by atoms with van der Waals surface area (Å²) in [5.41, 5.74) is 1.55. The zero-order valence-electron chi connectivity index (χ0n) is 22.4. The molecule has 2 aliphatic rings. The van der Waals surface area contributed by atoms with E-state index >= 15 is 0 Å². The minimum atomic E-state index is -4.88. The Balaban J connectivity index is 1.26. The zero-order valence-corrected chi connectivity index (χ0v) is 22.4. The summed E-state index contributed by atoms with van der Waals surface area (Å²) in [6.45, 7) is 5.73. The lowest BCUT2D eigenvalue weighted by Gasteiger charge is -2.44. The van der Waals surface area contributed by atoms with Crippen LogP contribution < -0.4 is 9.64 Å². The molecule has 12 heteroatoms. The topological polar surface area (TPSA) is 66.7 Å². The molecule has 8 nitrogen and oxygen atoms in total. The summed E-state index contributed by atoms with van der Waals surface area (Å²) < 4.78 is 60.6. The first-order valence-electron chi connectivity index (χ1n) is 13.4. The van der Waals surface area contributed by atoms with Gasteiger partial charge in [0.1, 0.15) is 23.4 Å². The van der Waals surface area contributed by atoms with Crippen LogP contribution in [0.4, 0.5) is 23.4 Å². The maximum absolute atomic E-state index is 13.6. The van der Waals surface area contributed by atoms with Gasteiger partial charge in [-0.05, 0) is 57.0 Å². The number of halogens is 4. The third-order valence-corrected chi connectivity index (χ3v) is 7.29. The first kappa shape index (κ1) is 27.9. The lowest BCUT2D eigenvalue weighted by atomic mass is 10.1. The molecule has 40 heavy (non-hydrogen) atoms. The summed E-state index contributed by atoms with van der Waals surface area (Å²) >= 11 is 0. The van der Waals surface area contributed by atoms with Gasteiger partial charge in [-0.25, -0.2) is 14.1 Å². The summed E-state index contributed by atoms with van der Waals surface area (Å²) in [5, 5.41) is 4.74. The smallest absolute Gasteiger partial charge is 0.471 e. The van der Waals surface area contributed by atoms with Crippen LogP contribution in [0.3, 0.4) is 0 Å². The highest BCUT2D eigenvalue weighted by Crippen LogP contribution is 2.28. The molecule has 1 amide bonds. The Bertz CT molecular complexity index is 1320. The fourth-order valence-electron chi connectivity index (χ4n) is 5.69. The summed E-state index contributed by atoms with van der Waals surface area (Å²) in [6, 6.07) is 10.6. The van der Waals surface area contributed by atoms with Gasteiger partial charge in [-0.2, -0.15) is 18.3 Å². The van der Waals surface area contributed by atoms with Crippen LogP contribution in [0.25, 0.3) is 5.69 Å². The highest BCUT2D eigenvalue weighted by molar-refractivity contribution is 5.82. The molecule has 214 valence electrons. The van der Waals surface area contributed by atoms with Crippen molar-refractivity contribution >= 4 is 11.7 Å². The van der Waals surface area contributed by atoms with Crippen molar-refractivity contribution in [3.8, 4) is 11.4 Å². The molecule has 3 atom stereocenters. The molecule has 0 bridgehead atoms. The summed E-state index contributed by atoms with van der Waals surface area (Å²) in [5.74, 6) is -0.877. The number of benzene rings is 1. The zero-order chi connectivity index (χ0) is 28.4. The lowest BCUT2D eigenvalue weighted by molar-refractivity contribution is -0.192. The third-order valence-electron chi connectivity index (χ3n) is 7.29. The van der Waals surface area contributed by atoms with Crippen molar-refractivity contribution in [1.29, 1.82) is 0 Å². The number of anilines is 1. The first-order valence-corrected chi connectivity index (χ1v) is 13.4. The van der Waals surface area contributed by atoms with Crippen molar-refractivity contribution in [1.82, 2.24) is 24.6 Å². The van der Waals surface area contributed by atoms with E-state index in [0.29, 0.717) is 31.9 Å². The van der Waals surface area contributed by atoms with Gasteiger partial charge in [0.05, 0.1) is 12.2 Å². The van der Waals surface area contributed by atoms with Gasteiger partial charge in [-0.1, -0.05) is 6.07 Å². The Morgan fingerprint density at radius 2 is 1.85 bits per heavy atom. The van der Waals surface area contributed by atoms with Crippen LogP contribution >= 0.6 is 0 Å². The molecule has 2 fully saturated rings. The number of hydrogen-bond donors (Lipinski definition) is 0. The van der Waals surface area contributed by atoms with E-state index in [1.54, 1.807) is 36.9 Å². The molecule has 1 aromatic carbocycles. The van der Waals surface area contributed by atoms with Crippen LogP contribution in [0.1, 0.15) is 32.4 Å². The van der Waals surface area contributed by atoms with E-state index in [-0.39, 0.29) is 11.9 Å². The average molecular weight is 561 g/mol. The van der Waals surface area contributed by atoms with Gasteiger partial charge in [0.25, 0.3) is 0 Å². The summed E-state index contributed by atoms with van der Waals surface area (Å²) in [7, 11) is 0. The average Bonchev–Trinajstić information content (AvgIpc) is 3.36. The Morgan fingerprint density at radius 3 is 2.58 bits per heavy atom. The molecule has 2 aromatic heterocycles. The normalized spacial score (nSPS) is 22.4. The largest absolute Gasteiger partial charge is 0.488 e. The van der Waals surface area contributed by atoms with Crippen molar-refractivity contribution in [3.63, 3.8) is 0 Å². The number of piperidine rings is 1. The second-order valence-electron chi connectivity index (χ2n) is 10.5. The van der Waals surface area contributed by atoms with Crippen LogP contribution in [0.15, 0.2) is 54.9 Å².